The number of likely N-dealkylation sites (tertiary alicyclic amines) is 1. The minimum atomic E-state index is -3.02. The molecule has 35 heavy (non-hydrogen) atoms. The van der Waals surface area contributed by atoms with E-state index >= 15 is 0 Å². The number of nitrogens with two attached hydrogens (primary N) is 2. The SMILES string of the molecule is C=C(N)/N=C(C)\N=C(/N)c1cc(CN2CCC(S(C)(=O)=O)CC2)cnc1Nc1ccc(OC)nc1. The van der Waals surface area contributed by atoms with Crippen LogP contribution in [0.25, 0.3) is 0 Å². The molecule has 0 amide bonds. The van der Waals surface area contributed by atoms with Gasteiger partial charge in [0.1, 0.15) is 33.1 Å². The van der Waals surface area contributed by atoms with Crippen LogP contribution in [0.15, 0.2) is 53.0 Å². The molecule has 0 bridgehead atoms. The number of hydrogen-bond acceptors (Lipinski definition) is 9. The van der Waals surface area contributed by atoms with Crippen LogP contribution in [0.2, 0.25) is 0 Å². The van der Waals surface area contributed by atoms with Crippen LogP contribution in [0.5, 0.6) is 5.88 Å². The van der Waals surface area contributed by atoms with E-state index in [1.807, 2.05) is 12.1 Å². The largest absolute Gasteiger partial charge is 0.481 e. The van der Waals surface area contributed by atoms with Crippen molar-refractivity contribution in [2.75, 3.05) is 31.8 Å². The Morgan fingerprint density at radius 1 is 1.23 bits per heavy atom. The van der Waals surface area contributed by atoms with Crippen LogP contribution in [0.4, 0.5) is 11.5 Å². The summed E-state index contributed by atoms with van der Waals surface area (Å²) < 4.78 is 28.8. The van der Waals surface area contributed by atoms with Crippen LogP contribution in [0.3, 0.4) is 0 Å². The topological polar surface area (TPSA) is 161 Å². The molecule has 12 heteroatoms. The van der Waals surface area contributed by atoms with Crippen molar-refractivity contribution < 1.29 is 13.2 Å². The highest BCUT2D eigenvalue weighted by atomic mass is 32.2. The normalized spacial score (nSPS) is 16.2. The second kappa shape index (κ2) is 11.3. The van der Waals surface area contributed by atoms with Gasteiger partial charge in [0.05, 0.1) is 29.8 Å². The van der Waals surface area contributed by atoms with E-state index in [2.05, 4.69) is 36.7 Å². The van der Waals surface area contributed by atoms with Crippen molar-refractivity contribution in [2.24, 2.45) is 21.5 Å². The molecule has 11 nitrogen and oxygen atoms in total. The van der Waals surface area contributed by atoms with Crippen molar-refractivity contribution in [2.45, 2.75) is 31.6 Å². The number of rotatable bonds is 8. The maximum Gasteiger partial charge on any atom is 0.213 e. The Bertz CT molecular complexity index is 1220. The summed E-state index contributed by atoms with van der Waals surface area (Å²) in [5.74, 6) is 1.69. The van der Waals surface area contributed by atoms with Crippen molar-refractivity contribution in [3.05, 3.63) is 54.1 Å². The fourth-order valence-electron chi connectivity index (χ4n) is 3.82. The molecule has 5 N–H and O–H groups in total. The third-order valence-electron chi connectivity index (χ3n) is 5.56. The predicted octanol–water partition coefficient (Wildman–Crippen LogP) is 1.79. The molecule has 0 unspecified atom stereocenters. The van der Waals surface area contributed by atoms with E-state index in [1.54, 1.807) is 32.5 Å². The van der Waals surface area contributed by atoms with E-state index in [1.165, 1.54) is 6.26 Å². The molecule has 2 aromatic rings. The maximum absolute atomic E-state index is 11.9. The highest BCUT2D eigenvalue weighted by Crippen LogP contribution is 2.23. The van der Waals surface area contributed by atoms with Crippen LogP contribution >= 0.6 is 0 Å². The van der Waals surface area contributed by atoms with Gasteiger partial charge in [-0.3, -0.25) is 4.90 Å². The molecular formula is C23H32N8O3S. The Labute approximate surface area is 205 Å². The van der Waals surface area contributed by atoms with Gasteiger partial charge in [-0.2, -0.15) is 0 Å². The van der Waals surface area contributed by atoms with Gasteiger partial charge in [0.2, 0.25) is 5.88 Å². The molecule has 1 aliphatic rings. The second-order valence-corrected chi connectivity index (χ2v) is 10.7. The number of aromatic nitrogens is 2. The van der Waals surface area contributed by atoms with Crippen molar-refractivity contribution in [1.29, 1.82) is 0 Å². The molecule has 1 saturated heterocycles. The van der Waals surface area contributed by atoms with Gasteiger partial charge in [0.15, 0.2) is 0 Å². The molecule has 1 fully saturated rings. The Balaban J connectivity index is 1.86. The Kier molecular flexibility index (Phi) is 8.41. The highest BCUT2D eigenvalue weighted by Gasteiger charge is 2.26. The summed E-state index contributed by atoms with van der Waals surface area (Å²) in [5.41, 5.74) is 14.1. The number of ether oxygens (including phenoxy) is 1. The van der Waals surface area contributed by atoms with Crippen molar-refractivity contribution in [3.8, 4) is 5.88 Å². The fourth-order valence-corrected chi connectivity index (χ4v) is 4.89. The molecule has 0 atom stereocenters. The molecule has 3 heterocycles. The van der Waals surface area contributed by atoms with E-state index in [0.29, 0.717) is 61.3 Å². The molecule has 188 valence electrons. The number of aliphatic imine (C=N–C) groups is 2. The summed E-state index contributed by atoms with van der Waals surface area (Å²) >= 11 is 0. The van der Waals surface area contributed by atoms with Crippen molar-refractivity contribution in [1.82, 2.24) is 14.9 Å². The van der Waals surface area contributed by atoms with Crippen LogP contribution in [0.1, 0.15) is 30.9 Å². The minimum Gasteiger partial charge on any atom is -0.481 e. The Morgan fingerprint density at radius 2 is 1.94 bits per heavy atom. The van der Waals surface area contributed by atoms with Crippen LogP contribution in [-0.4, -0.2) is 66.7 Å². The number of nitrogens with one attached hydrogen (secondary N) is 1. The van der Waals surface area contributed by atoms with Crippen molar-refractivity contribution >= 4 is 33.0 Å². The number of pyridine rings is 2. The third-order valence-corrected chi connectivity index (χ3v) is 7.24. The number of amidine groups is 2. The van der Waals surface area contributed by atoms with E-state index < -0.39 is 9.84 Å². The lowest BCUT2D eigenvalue weighted by atomic mass is 10.1. The van der Waals surface area contributed by atoms with Crippen molar-refractivity contribution in [3.63, 3.8) is 0 Å². The molecule has 0 aromatic carbocycles. The van der Waals surface area contributed by atoms with E-state index in [0.717, 1.165) is 5.56 Å². The second-order valence-electron chi connectivity index (χ2n) is 8.41. The molecule has 1 aliphatic heterocycles. The zero-order valence-electron chi connectivity index (χ0n) is 20.2. The Morgan fingerprint density at radius 3 is 2.51 bits per heavy atom. The summed E-state index contributed by atoms with van der Waals surface area (Å²) in [4.78, 5) is 19.4. The third kappa shape index (κ3) is 7.49. The molecule has 0 spiro atoms. The van der Waals surface area contributed by atoms with E-state index in [-0.39, 0.29) is 16.9 Å². The highest BCUT2D eigenvalue weighted by molar-refractivity contribution is 7.91. The number of methoxy groups -OCH3 is 1. The van der Waals surface area contributed by atoms with Crippen LogP contribution in [-0.2, 0) is 16.4 Å². The van der Waals surface area contributed by atoms with Gasteiger partial charge in [0.25, 0.3) is 0 Å². The number of anilines is 2. The number of hydrogen-bond donors (Lipinski definition) is 3. The summed E-state index contributed by atoms with van der Waals surface area (Å²) in [6.07, 6.45) is 5.93. The van der Waals surface area contributed by atoms with Gasteiger partial charge in [-0.1, -0.05) is 6.58 Å². The first-order chi connectivity index (χ1) is 16.5. The summed E-state index contributed by atoms with van der Waals surface area (Å²) in [7, 11) is -1.47. The first-order valence-corrected chi connectivity index (χ1v) is 13.0. The number of nitrogens with zero attached hydrogens (tertiary/aromatic N) is 5. The quantitative estimate of drug-likeness (QED) is 0.362. The average molecular weight is 501 g/mol. The first-order valence-electron chi connectivity index (χ1n) is 11.1. The zero-order valence-corrected chi connectivity index (χ0v) is 21.0. The number of piperidine rings is 1. The molecule has 0 aliphatic carbocycles. The van der Waals surface area contributed by atoms with Crippen LogP contribution in [0, 0.1) is 0 Å². The lowest BCUT2D eigenvalue weighted by molar-refractivity contribution is 0.222. The summed E-state index contributed by atoms with van der Waals surface area (Å²) in [6, 6.07) is 5.46. The van der Waals surface area contributed by atoms with Gasteiger partial charge in [0, 0.05) is 25.1 Å². The smallest absolute Gasteiger partial charge is 0.213 e. The standard InChI is InChI=1S/C23H32N8O3S/c1-15(24)28-16(2)29-22(25)20-11-17(14-31-9-7-19(8-10-31)35(4,32)33)12-27-23(20)30-18-5-6-21(34-3)26-13-18/h5-6,11-13,19H,1,7-10,14,24H2,2-4H3,(H,27,30)(H2,25,28,29). The lowest BCUT2D eigenvalue weighted by Gasteiger charge is -2.31. The maximum atomic E-state index is 11.9. The zero-order chi connectivity index (χ0) is 25.6. The summed E-state index contributed by atoms with van der Waals surface area (Å²) in [5, 5.41) is 2.94. The monoisotopic (exact) mass is 500 g/mol. The average Bonchev–Trinajstić information content (AvgIpc) is 2.79. The Hall–Kier alpha value is -3.51. The first kappa shape index (κ1) is 26.1. The molecule has 3 rings (SSSR count). The minimum absolute atomic E-state index is 0.131. The molecule has 0 saturated carbocycles. The molecule has 0 radical (unpaired) electrons. The lowest BCUT2D eigenvalue weighted by Crippen LogP contribution is -2.38. The van der Waals surface area contributed by atoms with Gasteiger partial charge < -0.3 is 21.5 Å². The van der Waals surface area contributed by atoms with Gasteiger partial charge >= 0.3 is 0 Å². The van der Waals surface area contributed by atoms with Gasteiger partial charge in [-0.05, 0) is 50.6 Å². The summed E-state index contributed by atoms with van der Waals surface area (Å²) in [6.45, 7) is 7.23. The predicted molar refractivity (Wildman–Crippen MR) is 139 cm³/mol. The van der Waals surface area contributed by atoms with Gasteiger partial charge in [-0.25, -0.2) is 28.4 Å². The molecule has 2 aromatic heterocycles. The van der Waals surface area contributed by atoms with Crippen LogP contribution < -0.4 is 21.5 Å². The van der Waals surface area contributed by atoms with Gasteiger partial charge in [-0.15, -0.1) is 0 Å². The van der Waals surface area contributed by atoms with E-state index in [9.17, 15) is 8.42 Å². The van der Waals surface area contributed by atoms with E-state index in [4.69, 9.17) is 16.2 Å². The fraction of sp³-hybridized carbons (Fsp3) is 0.391. The number of sulfone groups is 1. The molecular weight excluding hydrogens is 468 g/mol.